The van der Waals surface area contributed by atoms with Crippen LogP contribution in [-0.2, 0) is 30.8 Å². The van der Waals surface area contributed by atoms with Gasteiger partial charge in [0.05, 0.1) is 12.7 Å². The molecular formula is C48H55N4O4P. The molecular weight excluding hydrogens is 728 g/mol. The van der Waals surface area contributed by atoms with E-state index in [0.717, 1.165) is 44.9 Å². The second kappa shape index (κ2) is 18.6. The van der Waals surface area contributed by atoms with Crippen LogP contribution >= 0.6 is 8.81 Å². The third kappa shape index (κ3) is 7.64. The summed E-state index contributed by atoms with van der Waals surface area (Å²) in [6.07, 6.45) is 1.42. The monoisotopic (exact) mass is 782 g/mol. The van der Waals surface area contributed by atoms with Crippen LogP contribution in [0.3, 0.4) is 0 Å². The normalized spacial score (nSPS) is 13.5. The lowest BCUT2D eigenvalue weighted by Gasteiger charge is -2.60. The highest BCUT2D eigenvalue weighted by Gasteiger charge is 2.70. The van der Waals surface area contributed by atoms with E-state index in [2.05, 4.69) is 109 Å². The van der Waals surface area contributed by atoms with Gasteiger partial charge in [0.25, 0.3) is 0 Å². The molecule has 0 aliphatic carbocycles. The maximum Gasteiger partial charge on any atom is 0.239 e. The summed E-state index contributed by atoms with van der Waals surface area (Å²) in [6, 6.07) is 49.6. The molecule has 0 radical (unpaired) electrons. The Morgan fingerprint density at radius 3 is 1.58 bits per heavy atom. The van der Waals surface area contributed by atoms with E-state index in [9.17, 15) is 10.1 Å². The molecule has 0 aliphatic heterocycles. The topological polar surface area (TPSA) is 88.8 Å². The van der Waals surface area contributed by atoms with Gasteiger partial charge in [0.1, 0.15) is 12.0 Å². The summed E-state index contributed by atoms with van der Waals surface area (Å²) in [6.45, 7) is 9.15. The number of carbonyl (C=O) groups excluding carboxylic acids is 1. The molecule has 1 amide bonds. The van der Waals surface area contributed by atoms with Crippen LogP contribution in [0.5, 0.6) is 0 Å². The molecule has 296 valence electrons. The molecule has 0 spiro atoms. The number of fused-ring (bicyclic) bond motifs is 3. The minimum atomic E-state index is -1.65. The Balaban J connectivity index is 1.29. The number of hydrogen-bond acceptors (Lipinski definition) is 6. The Hall–Kier alpha value is -4.87. The van der Waals surface area contributed by atoms with Crippen molar-refractivity contribution in [3.63, 3.8) is 0 Å². The Morgan fingerprint density at radius 2 is 1.16 bits per heavy atom. The minimum absolute atomic E-state index is 0.00831. The van der Waals surface area contributed by atoms with E-state index in [1.807, 2.05) is 78.9 Å². The maximum absolute atomic E-state index is 13.3. The van der Waals surface area contributed by atoms with E-state index in [0.29, 0.717) is 12.7 Å². The van der Waals surface area contributed by atoms with Gasteiger partial charge >= 0.3 is 0 Å². The number of aromatic nitrogens is 1. The molecule has 5 aromatic carbocycles. The van der Waals surface area contributed by atoms with Crippen LogP contribution in [0.1, 0.15) is 50.8 Å². The fourth-order valence-corrected chi connectivity index (χ4v) is 9.92. The zero-order valence-electron chi connectivity index (χ0n) is 33.9. The number of benzene rings is 5. The number of carbonyl (C=O) groups is 1. The molecule has 0 fully saturated rings. The predicted octanol–water partition coefficient (Wildman–Crippen LogP) is 9.32. The molecule has 0 saturated carbocycles. The zero-order valence-corrected chi connectivity index (χ0v) is 34.9. The van der Waals surface area contributed by atoms with Crippen molar-refractivity contribution in [2.24, 2.45) is 0 Å². The standard InChI is InChI=1S/C48H55N4O4P/c1-36(2)52(37(3)4)46(34-49,35-56-57-32-20-31-50-45(53)33-51-43-29-18-16-27-41(43)42-28-17-19-30-44(42)51)48(54-5,55-6)47(38-21-10-7-11-22-38,39-23-12-8-13-24-39)40-25-14-9-15-26-40/h7-19,21-30,36-37,57H,20,31-33,35H2,1-6H3,(H,50,53). The van der Waals surface area contributed by atoms with Crippen molar-refractivity contribution < 1.29 is 18.8 Å². The lowest BCUT2D eigenvalue weighted by Crippen LogP contribution is -2.77. The van der Waals surface area contributed by atoms with Crippen LogP contribution in [0.25, 0.3) is 21.8 Å². The average Bonchev–Trinajstić information content (AvgIpc) is 3.55. The number of nitriles is 1. The molecule has 6 rings (SSSR count). The fraction of sp³-hybridized carbons (Fsp3) is 0.333. The Bertz CT molecular complexity index is 2090. The number of nitrogens with zero attached hydrogens (tertiary/aromatic N) is 3. The third-order valence-electron chi connectivity index (χ3n) is 11.1. The second-order valence-corrected chi connectivity index (χ2v) is 16.0. The van der Waals surface area contributed by atoms with Crippen LogP contribution < -0.4 is 5.32 Å². The molecule has 2 unspecified atom stereocenters. The van der Waals surface area contributed by atoms with Gasteiger partial charge in [-0.05, 0) is 69.1 Å². The van der Waals surface area contributed by atoms with E-state index < -0.39 is 16.7 Å². The predicted molar refractivity (Wildman–Crippen MR) is 233 cm³/mol. The highest BCUT2D eigenvalue weighted by Crippen LogP contribution is 2.56. The first-order chi connectivity index (χ1) is 27.7. The number of rotatable bonds is 19. The lowest BCUT2D eigenvalue weighted by molar-refractivity contribution is -0.300. The van der Waals surface area contributed by atoms with Crippen molar-refractivity contribution >= 4 is 36.5 Å². The van der Waals surface area contributed by atoms with Gasteiger partial charge < -0.3 is 23.9 Å². The van der Waals surface area contributed by atoms with Crippen molar-refractivity contribution in [2.75, 3.05) is 33.5 Å². The van der Waals surface area contributed by atoms with Crippen LogP contribution in [0.2, 0.25) is 0 Å². The molecule has 0 aliphatic rings. The van der Waals surface area contributed by atoms with Crippen LogP contribution in [0.4, 0.5) is 0 Å². The Kier molecular flexibility index (Phi) is 13.6. The van der Waals surface area contributed by atoms with Gasteiger partial charge in [-0.1, -0.05) is 127 Å². The minimum Gasteiger partial charge on any atom is -0.359 e. The first-order valence-corrected chi connectivity index (χ1v) is 20.9. The smallest absolute Gasteiger partial charge is 0.239 e. The van der Waals surface area contributed by atoms with E-state index >= 15 is 0 Å². The molecule has 1 heterocycles. The summed E-state index contributed by atoms with van der Waals surface area (Å²) < 4.78 is 22.5. The summed E-state index contributed by atoms with van der Waals surface area (Å²) in [5, 5.41) is 17.2. The van der Waals surface area contributed by atoms with Crippen molar-refractivity contribution in [3.8, 4) is 6.07 Å². The number of nitrogens with one attached hydrogen (secondary N) is 1. The van der Waals surface area contributed by atoms with Gasteiger partial charge in [0.2, 0.25) is 11.7 Å². The van der Waals surface area contributed by atoms with Gasteiger partial charge in [-0.3, -0.25) is 9.69 Å². The molecule has 1 N–H and O–H groups in total. The summed E-state index contributed by atoms with van der Waals surface area (Å²) in [7, 11) is 3.35. The van der Waals surface area contributed by atoms with Gasteiger partial charge in [-0.25, -0.2) is 0 Å². The van der Waals surface area contributed by atoms with Gasteiger partial charge in [-0.2, -0.15) is 5.26 Å². The number of methoxy groups -OCH3 is 2. The summed E-state index contributed by atoms with van der Waals surface area (Å²) in [5.41, 5.74) is 2.20. The first kappa shape index (κ1) is 41.8. The van der Waals surface area contributed by atoms with Crippen molar-refractivity contribution in [1.29, 1.82) is 5.26 Å². The first-order valence-electron chi connectivity index (χ1n) is 19.8. The quantitative estimate of drug-likeness (QED) is 0.0382. The van der Waals surface area contributed by atoms with Gasteiger partial charge in [-0.15, -0.1) is 0 Å². The second-order valence-electron chi connectivity index (χ2n) is 14.9. The largest absolute Gasteiger partial charge is 0.359 e. The number of para-hydroxylation sites is 2. The number of amides is 1. The Labute approximate surface area is 339 Å². The lowest BCUT2D eigenvalue weighted by atomic mass is 9.58. The molecule has 9 heteroatoms. The third-order valence-corrected chi connectivity index (χ3v) is 12.0. The zero-order chi connectivity index (χ0) is 40.5. The van der Waals surface area contributed by atoms with E-state index in [-0.39, 0.29) is 40.0 Å². The average molecular weight is 783 g/mol. The molecule has 1 aromatic heterocycles. The number of ether oxygens (including phenoxy) is 2. The molecule has 8 nitrogen and oxygen atoms in total. The molecule has 0 saturated heterocycles. The summed E-state index contributed by atoms with van der Waals surface area (Å²) in [4.78, 5) is 15.4. The van der Waals surface area contributed by atoms with Crippen LogP contribution in [-0.4, -0.2) is 72.3 Å². The molecule has 6 aromatic rings. The highest BCUT2D eigenvalue weighted by atomic mass is 31.1. The Morgan fingerprint density at radius 1 is 0.719 bits per heavy atom. The van der Waals surface area contributed by atoms with Crippen LogP contribution in [0.15, 0.2) is 140 Å². The van der Waals surface area contributed by atoms with Crippen LogP contribution in [0, 0.1) is 11.3 Å². The van der Waals surface area contributed by atoms with E-state index in [1.54, 1.807) is 14.2 Å². The number of hydrogen-bond donors (Lipinski definition) is 1. The SMILES string of the molecule is COC(OC)(C(c1ccccc1)(c1ccccc1)c1ccccc1)C(C#N)(COPCCCNC(=O)Cn1c2ccccc2c2ccccc21)N(C(C)C)C(C)C. The molecule has 57 heavy (non-hydrogen) atoms. The van der Waals surface area contributed by atoms with Crippen molar-refractivity contribution in [3.05, 3.63) is 156 Å². The fourth-order valence-electron chi connectivity index (χ4n) is 9.14. The maximum atomic E-state index is 13.3. The van der Waals surface area contributed by atoms with E-state index in [1.165, 1.54) is 0 Å². The molecule has 0 bridgehead atoms. The highest BCUT2D eigenvalue weighted by molar-refractivity contribution is 7.32. The molecule has 2 atom stereocenters. The van der Waals surface area contributed by atoms with E-state index in [4.69, 9.17) is 14.0 Å². The van der Waals surface area contributed by atoms with Gasteiger partial charge in [0.15, 0.2) is 5.54 Å². The van der Waals surface area contributed by atoms with Gasteiger partial charge in [0, 0.05) is 63.5 Å². The summed E-state index contributed by atoms with van der Waals surface area (Å²) in [5.74, 6) is -1.69. The summed E-state index contributed by atoms with van der Waals surface area (Å²) >= 11 is 0. The van der Waals surface area contributed by atoms with Crippen molar-refractivity contribution in [1.82, 2.24) is 14.8 Å². The van der Waals surface area contributed by atoms with Crippen molar-refractivity contribution in [2.45, 2.75) is 69.5 Å².